The van der Waals surface area contributed by atoms with E-state index < -0.39 is 0 Å². The first-order chi connectivity index (χ1) is 4.79. The van der Waals surface area contributed by atoms with Gasteiger partial charge in [-0.25, -0.2) is 0 Å². The molecule has 52 valence electrons. The van der Waals surface area contributed by atoms with Gasteiger partial charge in [0.2, 0.25) is 0 Å². The Bertz CT molecular complexity index is 220. The van der Waals surface area contributed by atoms with Gasteiger partial charge in [-0.15, -0.1) is 0 Å². The van der Waals surface area contributed by atoms with E-state index in [-0.39, 0.29) is 0 Å². The third-order valence-corrected chi connectivity index (χ3v) is 1.39. The first-order valence-electron chi connectivity index (χ1n) is 3.18. The van der Waals surface area contributed by atoms with E-state index in [9.17, 15) is 0 Å². The molecule has 1 heteroatoms. The van der Waals surface area contributed by atoms with Gasteiger partial charge < -0.3 is 0 Å². The van der Waals surface area contributed by atoms with Gasteiger partial charge in [0, 0.05) is 0 Å². The van der Waals surface area contributed by atoms with Gasteiger partial charge in [-0.3, -0.25) is 0 Å². The van der Waals surface area contributed by atoms with Crippen molar-refractivity contribution in [3.63, 3.8) is 0 Å². The monoisotopic (exact) mass is 196 g/mol. The lowest BCUT2D eigenvalue weighted by atomic mass is 10.2. The van der Waals surface area contributed by atoms with Crippen LogP contribution in [0.5, 0.6) is 0 Å². The predicted molar refractivity (Wildman–Crippen MR) is 49.0 cm³/mol. The third kappa shape index (κ3) is 2.36. The molecule has 0 bridgehead atoms. The van der Waals surface area contributed by atoms with Crippen molar-refractivity contribution in [2.75, 3.05) is 0 Å². The van der Waals surface area contributed by atoms with Crippen LogP contribution in [-0.4, -0.2) is 0 Å². The number of allylic oxidation sites excluding steroid dienone is 1. The van der Waals surface area contributed by atoms with Crippen molar-refractivity contribution >= 4 is 22.0 Å². The van der Waals surface area contributed by atoms with Gasteiger partial charge in [0.1, 0.15) is 0 Å². The molecule has 0 aliphatic rings. The fourth-order valence-corrected chi connectivity index (χ4v) is 1.04. The Morgan fingerprint density at radius 2 is 1.90 bits per heavy atom. The Balaban J connectivity index is 2.87. The average molecular weight is 197 g/mol. The molecule has 0 spiro atoms. The molecule has 1 aromatic carbocycles. The molecule has 0 unspecified atom stereocenters. The minimum atomic E-state index is 1.15. The van der Waals surface area contributed by atoms with E-state index in [1.54, 1.807) is 0 Å². The molecule has 0 radical (unpaired) electrons. The van der Waals surface area contributed by atoms with Crippen LogP contribution in [0.4, 0.5) is 0 Å². The molecule has 0 N–H and O–H groups in total. The summed E-state index contributed by atoms with van der Waals surface area (Å²) in [6, 6.07) is 10.2. The number of hydrogen-bond donors (Lipinski definition) is 0. The summed E-state index contributed by atoms with van der Waals surface area (Å²) in [5.41, 5.74) is 1.23. The van der Waals surface area contributed by atoms with E-state index in [1.807, 2.05) is 25.1 Å². The van der Waals surface area contributed by atoms with Crippen LogP contribution in [0.1, 0.15) is 12.5 Å². The number of rotatable bonds is 1. The first kappa shape index (κ1) is 7.55. The maximum atomic E-state index is 3.37. The second-order valence-corrected chi connectivity index (χ2v) is 3.39. The van der Waals surface area contributed by atoms with E-state index >= 15 is 0 Å². The summed E-state index contributed by atoms with van der Waals surface area (Å²) in [5, 5.41) is 0. The smallest absolute Gasteiger partial charge is 0.00745 e. The summed E-state index contributed by atoms with van der Waals surface area (Å²) in [4.78, 5) is 0. The quantitative estimate of drug-likeness (QED) is 0.646. The summed E-state index contributed by atoms with van der Waals surface area (Å²) < 4.78 is 1.15. The predicted octanol–water partition coefficient (Wildman–Crippen LogP) is 3.44. The molecule has 1 rings (SSSR count). The van der Waals surface area contributed by atoms with Gasteiger partial charge >= 0.3 is 0 Å². The highest BCUT2D eigenvalue weighted by Gasteiger charge is 1.83. The highest BCUT2D eigenvalue weighted by molar-refractivity contribution is 9.11. The van der Waals surface area contributed by atoms with Crippen LogP contribution in [0.2, 0.25) is 0 Å². The zero-order valence-electron chi connectivity index (χ0n) is 5.84. The van der Waals surface area contributed by atoms with E-state index in [1.165, 1.54) is 5.56 Å². The fourth-order valence-electron chi connectivity index (χ4n) is 0.779. The minimum absolute atomic E-state index is 1.15. The molecule has 0 atom stereocenters. The number of halogens is 1. The second kappa shape index (κ2) is 3.57. The van der Waals surface area contributed by atoms with Gasteiger partial charge in [0.05, 0.1) is 0 Å². The van der Waals surface area contributed by atoms with Crippen molar-refractivity contribution < 1.29 is 0 Å². The zero-order valence-corrected chi connectivity index (χ0v) is 7.43. The Kier molecular flexibility index (Phi) is 2.69. The lowest BCUT2D eigenvalue weighted by Crippen LogP contribution is -1.67. The highest BCUT2D eigenvalue weighted by atomic mass is 79.9. The Morgan fingerprint density at radius 3 is 2.40 bits per heavy atom. The van der Waals surface area contributed by atoms with Crippen LogP contribution in [0.25, 0.3) is 6.08 Å². The maximum Gasteiger partial charge on any atom is -0.00745 e. The van der Waals surface area contributed by atoms with Crippen molar-refractivity contribution in [2.24, 2.45) is 0 Å². The van der Waals surface area contributed by atoms with Gasteiger partial charge in [-0.2, -0.15) is 0 Å². The highest BCUT2D eigenvalue weighted by Crippen LogP contribution is 2.09. The van der Waals surface area contributed by atoms with Gasteiger partial charge in [0.25, 0.3) is 0 Å². The van der Waals surface area contributed by atoms with Crippen LogP contribution in [0.3, 0.4) is 0 Å². The van der Waals surface area contributed by atoms with Crippen molar-refractivity contribution in [1.82, 2.24) is 0 Å². The van der Waals surface area contributed by atoms with Crippen molar-refractivity contribution in [3.8, 4) is 0 Å². The topological polar surface area (TPSA) is 0 Å². The van der Waals surface area contributed by atoms with Crippen LogP contribution in [0.15, 0.2) is 34.8 Å². The second-order valence-electron chi connectivity index (χ2n) is 2.14. The normalized spacial score (nSPS) is 11.6. The SMILES string of the molecule is CC(Br)=Cc1ccccc1. The Hall–Kier alpha value is -0.560. The minimum Gasteiger partial charge on any atom is -0.0622 e. The summed E-state index contributed by atoms with van der Waals surface area (Å²) in [5.74, 6) is 0. The van der Waals surface area contributed by atoms with E-state index in [4.69, 9.17) is 0 Å². The molecular formula is C9H9Br. The van der Waals surface area contributed by atoms with E-state index in [2.05, 4.69) is 34.1 Å². The number of hydrogen-bond acceptors (Lipinski definition) is 0. The molecule has 0 nitrogen and oxygen atoms in total. The molecule has 10 heavy (non-hydrogen) atoms. The van der Waals surface area contributed by atoms with E-state index in [0.29, 0.717) is 0 Å². The molecule has 0 aliphatic heterocycles. The Labute approximate surface area is 69.7 Å². The standard InChI is InChI=1S/C9H9Br/c1-8(10)7-9-5-3-2-4-6-9/h2-7H,1H3. The Morgan fingerprint density at radius 1 is 1.30 bits per heavy atom. The molecule has 1 aromatic rings. The van der Waals surface area contributed by atoms with Crippen LogP contribution in [-0.2, 0) is 0 Å². The molecule has 0 heterocycles. The molecule has 0 amide bonds. The molecule has 0 saturated heterocycles. The van der Waals surface area contributed by atoms with E-state index in [0.717, 1.165) is 4.48 Å². The maximum absolute atomic E-state index is 3.37. The van der Waals surface area contributed by atoms with Gasteiger partial charge in [0.15, 0.2) is 0 Å². The molecule has 0 fully saturated rings. The van der Waals surface area contributed by atoms with Crippen molar-refractivity contribution in [1.29, 1.82) is 0 Å². The van der Waals surface area contributed by atoms with Crippen molar-refractivity contribution in [2.45, 2.75) is 6.92 Å². The van der Waals surface area contributed by atoms with Crippen molar-refractivity contribution in [3.05, 3.63) is 40.4 Å². The summed E-state index contributed by atoms with van der Waals surface area (Å²) in [6.45, 7) is 2.02. The molecule has 0 aromatic heterocycles. The average Bonchev–Trinajstić information content (AvgIpc) is 1.88. The zero-order chi connectivity index (χ0) is 7.40. The van der Waals surface area contributed by atoms with Crippen LogP contribution in [0, 0.1) is 0 Å². The summed E-state index contributed by atoms with van der Waals surface area (Å²) >= 11 is 3.37. The molecule has 0 aliphatic carbocycles. The summed E-state index contributed by atoms with van der Waals surface area (Å²) in [7, 11) is 0. The molecule has 0 saturated carbocycles. The number of benzene rings is 1. The lowest BCUT2D eigenvalue weighted by Gasteiger charge is -1.90. The summed E-state index contributed by atoms with van der Waals surface area (Å²) in [6.07, 6.45) is 2.08. The fraction of sp³-hybridized carbons (Fsp3) is 0.111. The lowest BCUT2D eigenvalue weighted by molar-refractivity contribution is 1.64. The largest absolute Gasteiger partial charge is 0.0622 e. The third-order valence-electron chi connectivity index (χ3n) is 1.17. The van der Waals surface area contributed by atoms with Gasteiger partial charge in [-0.1, -0.05) is 46.3 Å². The van der Waals surface area contributed by atoms with Gasteiger partial charge in [-0.05, 0) is 23.0 Å². The first-order valence-corrected chi connectivity index (χ1v) is 3.97. The molecular weight excluding hydrogens is 188 g/mol. The van der Waals surface area contributed by atoms with Crippen LogP contribution >= 0.6 is 15.9 Å². The van der Waals surface area contributed by atoms with Crippen LogP contribution < -0.4 is 0 Å².